The highest BCUT2D eigenvalue weighted by Crippen LogP contribution is 2.48. The molecular weight excluding hydrogens is 352 g/mol. The van der Waals surface area contributed by atoms with E-state index in [1.54, 1.807) is 0 Å². The van der Waals surface area contributed by atoms with Gasteiger partial charge in [0.1, 0.15) is 0 Å². The predicted octanol–water partition coefficient (Wildman–Crippen LogP) is 6.50. The van der Waals surface area contributed by atoms with Crippen molar-refractivity contribution in [1.82, 2.24) is 5.01 Å². The summed E-state index contributed by atoms with van der Waals surface area (Å²) in [5.74, 6) is 0. The molecule has 2 nitrogen and oxygen atoms in total. The quantitative estimate of drug-likeness (QED) is 0.460. The maximum Gasteiger partial charge on any atom is 0.0774 e. The second-order valence-corrected chi connectivity index (χ2v) is 8.72. The van der Waals surface area contributed by atoms with Gasteiger partial charge in [0, 0.05) is 0 Å². The molecule has 0 spiro atoms. The van der Waals surface area contributed by atoms with Crippen LogP contribution in [0.5, 0.6) is 0 Å². The maximum absolute atomic E-state index is 5.09. The first-order valence-corrected chi connectivity index (χ1v) is 10.6. The Morgan fingerprint density at radius 1 is 0.862 bits per heavy atom. The molecule has 3 aromatic carbocycles. The minimum atomic E-state index is 0.155. The molecule has 4 rings (SSSR count). The van der Waals surface area contributed by atoms with E-state index in [1.165, 1.54) is 17.5 Å². The van der Waals surface area contributed by atoms with Crippen molar-refractivity contribution >= 4 is 6.21 Å². The van der Waals surface area contributed by atoms with E-state index >= 15 is 0 Å². The first-order chi connectivity index (χ1) is 14.1. The lowest BCUT2D eigenvalue weighted by Gasteiger charge is -2.49. The molecule has 29 heavy (non-hydrogen) atoms. The number of rotatable bonds is 5. The van der Waals surface area contributed by atoms with Gasteiger partial charge in [-0.3, -0.25) is 5.01 Å². The molecule has 1 fully saturated rings. The first-order valence-electron chi connectivity index (χ1n) is 10.6. The lowest BCUT2D eigenvalue weighted by atomic mass is 9.71. The fourth-order valence-corrected chi connectivity index (χ4v) is 4.53. The largest absolute Gasteiger partial charge is 0.286 e. The Balaban J connectivity index is 1.71. The molecule has 1 saturated heterocycles. The van der Waals surface area contributed by atoms with Crippen molar-refractivity contribution in [1.29, 1.82) is 0 Å². The topological polar surface area (TPSA) is 15.6 Å². The van der Waals surface area contributed by atoms with E-state index in [9.17, 15) is 0 Å². The van der Waals surface area contributed by atoms with E-state index in [4.69, 9.17) is 5.10 Å². The van der Waals surface area contributed by atoms with Crippen molar-refractivity contribution in [2.45, 2.75) is 45.2 Å². The molecule has 0 aliphatic carbocycles. The van der Waals surface area contributed by atoms with E-state index in [0.717, 1.165) is 18.4 Å². The van der Waals surface area contributed by atoms with Crippen LogP contribution in [0, 0.1) is 5.41 Å². The molecule has 0 unspecified atom stereocenters. The zero-order chi connectivity index (χ0) is 20.1. The van der Waals surface area contributed by atoms with Crippen LogP contribution in [0.1, 0.15) is 49.4 Å². The maximum atomic E-state index is 5.09. The van der Waals surface area contributed by atoms with E-state index < -0.39 is 0 Å². The van der Waals surface area contributed by atoms with Gasteiger partial charge in [0.25, 0.3) is 0 Å². The summed E-state index contributed by atoms with van der Waals surface area (Å²) in [6, 6.07) is 32.8. The van der Waals surface area contributed by atoms with Crippen LogP contribution in [0.15, 0.2) is 96.1 Å². The molecule has 0 aromatic heterocycles. The van der Waals surface area contributed by atoms with Crippen LogP contribution in [0.3, 0.4) is 0 Å². The molecule has 0 N–H and O–H groups in total. The Morgan fingerprint density at radius 3 is 2.10 bits per heavy atom. The fourth-order valence-electron chi connectivity index (χ4n) is 4.53. The van der Waals surface area contributed by atoms with Gasteiger partial charge < -0.3 is 0 Å². The second kappa shape index (κ2) is 8.65. The van der Waals surface area contributed by atoms with Crippen LogP contribution in [-0.2, 0) is 6.42 Å². The molecule has 0 saturated carbocycles. The van der Waals surface area contributed by atoms with Gasteiger partial charge >= 0.3 is 0 Å². The minimum Gasteiger partial charge on any atom is -0.286 e. The second-order valence-electron chi connectivity index (χ2n) is 8.72. The Hall–Kier alpha value is -2.87. The predicted molar refractivity (Wildman–Crippen MR) is 122 cm³/mol. The van der Waals surface area contributed by atoms with E-state index in [-0.39, 0.29) is 11.5 Å². The van der Waals surface area contributed by atoms with Gasteiger partial charge in [-0.2, -0.15) is 5.10 Å². The zero-order valence-corrected chi connectivity index (χ0v) is 17.4. The summed E-state index contributed by atoms with van der Waals surface area (Å²) in [6.45, 7) is 4.77. The first kappa shape index (κ1) is 19.4. The third-order valence-electron chi connectivity index (χ3n) is 6.07. The summed E-state index contributed by atoms with van der Waals surface area (Å²) in [5.41, 5.74) is 4.02. The van der Waals surface area contributed by atoms with Gasteiger partial charge in [0.2, 0.25) is 0 Å². The van der Waals surface area contributed by atoms with Crippen molar-refractivity contribution in [3.05, 3.63) is 108 Å². The van der Waals surface area contributed by atoms with Crippen molar-refractivity contribution in [3.8, 4) is 0 Å². The van der Waals surface area contributed by atoms with E-state index in [1.807, 2.05) is 12.3 Å². The van der Waals surface area contributed by atoms with Gasteiger partial charge in [-0.1, -0.05) is 105 Å². The van der Waals surface area contributed by atoms with Crippen LogP contribution >= 0.6 is 0 Å². The fraction of sp³-hybridized carbons (Fsp3) is 0.296. The van der Waals surface area contributed by atoms with E-state index in [0.29, 0.717) is 6.04 Å². The SMILES string of the molecule is CC1(C)CC[C@@H](Cc2ccccc2)N(/N=C/c2ccccc2)[C@@H]1c1ccccc1. The Bertz CT molecular complexity index is 917. The molecule has 1 aliphatic rings. The Kier molecular flexibility index (Phi) is 5.80. The van der Waals surface area contributed by atoms with Gasteiger partial charge in [-0.25, -0.2) is 0 Å². The lowest BCUT2D eigenvalue weighted by molar-refractivity contribution is -0.00562. The minimum absolute atomic E-state index is 0.155. The molecule has 0 radical (unpaired) electrons. The van der Waals surface area contributed by atoms with Gasteiger partial charge in [0.15, 0.2) is 0 Å². The molecule has 1 aliphatic heterocycles. The number of hydrogen-bond acceptors (Lipinski definition) is 2. The third kappa shape index (κ3) is 4.59. The summed E-state index contributed by atoms with van der Waals surface area (Å²) in [4.78, 5) is 0. The van der Waals surface area contributed by atoms with Crippen molar-refractivity contribution in [2.75, 3.05) is 0 Å². The van der Waals surface area contributed by atoms with Gasteiger partial charge in [0.05, 0.1) is 18.3 Å². The molecule has 3 aromatic rings. The van der Waals surface area contributed by atoms with Gasteiger partial charge in [-0.05, 0) is 41.4 Å². The summed E-state index contributed by atoms with van der Waals surface area (Å²) in [5, 5.41) is 7.48. The number of hydrazone groups is 1. The third-order valence-corrected chi connectivity index (χ3v) is 6.07. The molecule has 1 heterocycles. The van der Waals surface area contributed by atoms with Crippen LogP contribution in [-0.4, -0.2) is 17.3 Å². The van der Waals surface area contributed by atoms with Crippen LogP contribution in [0.4, 0.5) is 0 Å². The molecule has 0 bridgehead atoms. The Morgan fingerprint density at radius 2 is 1.45 bits per heavy atom. The molecule has 0 amide bonds. The standard InChI is InChI=1S/C27H30N2/c1-27(2)19-18-25(20-22-12-6-3-7-13-22)29(26(27)24-16-10-5-11-17-24)28-21-23-14-8-4-9-15-23/h3-17,21,25-26H,18-20H2,1-2H3/b28-21+/t25-,26+/m0/s1. The van der Waals surface area contributed by atoms with Crippen LogP contribution in [0.25, 0.3) is 0 Å². The number of benzene rings is 3. The highest BCUT2D eigenvalue weighted by atomic mass is 15.5. The summed E-state index contributed by atoms with van der Waals surface area (Å²) in [7, 11) is 0. The average molecular weight is 383 g/mol. The average Bonchev–Trinajstić information content (AvgIpc) is 2.75. The smallest absolute Gasteiger partial charge is 0.0774 e. The van der Waals surface area contributed by atoms with Gasteiger partial charge in [-0.15, -0.1) is 0 Å². The zero-order valence-electron chi connectivity index (χ0n) is 17.4. The molecule has 2 atom stereocenters. The van der Waals surface area contributed by atoms with Crippen molar-refractivity contribution < 1.29 is 0 Å². The monoisotopic (exact) mass is 382 g/mol. The van der Waals surface area contributed by atoms with E-state index in [2.05, 4.69) is 104 Å². The lowest BCUT2D eigenvalue weighted by Crippen LogP contribution is -2.47. The summed E-state index contributed by atoms with van der Waals surface area (Å²) in [6.07, 6.45) is 5.39. The van der Waals surface area contributed by atoms with Crippen molar-refractivity contribution in [2.24, 2.45) is 10.5 Å². The number of piperidine rings is 1. The molecular formula is C27H30N2. The van der Waals surface area contributed by atoms with Crippen LogP contribution in [0.2, 0.25) is 0 Å². The van der Waals surface area contributed by atoms with Crippen molar-refractivity contribution in [3.63, 3.8) is 0 Å². The molecule has 2 heteroatoms. The summed E-state index contributed by atoms with van der Waals surface area (Å²) < 4.78 is 0. The Labute approximate surface area is 174 Å². The molecule has 148 valence electrons. The highest BCUT2D eigenvalue weighted by Gasteiger charge is 2.42. The number of hydrogen-bond donors (Lipinski definition) is 0. The normalized spacial score (nSPS) is 21.4. The number of nitrogens with zero attached hydrogens (tertiary/aromatic N) is 2. The highest BCUT2D eigenvalue weighted by molar-refractivity contribution is 5.79. The van der Waals surface area contributed by atoms with Crippen LogP contribution < -0.4 is 0 Å². The summed E-state index contributed by atoms with van der Waals surface area (Å²) >= 11 is 0.